The molecule has 0 aromatic heterocycles. The fourth-order valence-corrected chi connectivity index (χ4v) is 1.57. The van der Waals surface area contributed by atoms with Crippen molar-refractivity contribution in [1.82, 2.24) is 5.32 Å². The zero-order chi connectivity index (χ0) is 13.2. The zero-order valence-electron chi connectivity index (χ0n) is 10.7. The summed E-state index contributed by atoms with van der Waals surface area (Å²) in [6.45, 7) is 4.01. The third-order valence-corrected chi connectivity index (χ3v) is 2.46. The van der Waals surface area contributed by atoms with E-state index in [0.717, 1.165) is 24.9 Å². The molecule has 1 aromatic rings. The smallest absolute Gasteiger partial charge is 0.127 e. The van der Waals surface area contributed by atoms with E-state index >= 15 is 0 Å². The first kappa shape index (κ1) is 14.5. The molecular formula is C14H19FN2O. The molecule has 3 nitrogen and oxygen atoms in total. The van der Waals surface area contributed by atoms with Gasteiger partial charge in [-0.1, -0.05) is 6.92 Å². The highest BCUT2D eigenvalue weighted by atomic mass is 19.1. The van der Waals surface area contributed by atoms with E-state index in [1.807, 2.05) is 13.0 Å². The molecular weight excluding hydrogens is 231 g/mol. The van der Waals surface area contributed by atoms with E-state index in [9.17, 15) is 4.39 Å². The predicted octanol–water partition coefficient (Wildman–Crippen LogP) is 3.01. The van der Waals surface area contributed by atoms with Crippen LogP contribution in [0.4, 0.5) is 4.39 Å². The molecule has 0 amide bonds. The molecule has 98 valence electrons. The molecule has 0 aliphatic carbocycles. The fraction of sp³-hybridized carbons (Fsp3) is 0.500. The first-order valence-corrected chi connectivity index (χ1v) is 6.26. The molecule has 18 heavy (non-hydrogen) atoms. The molecule has 1 N–H and O–H groups in total. The highest BCUT2D eigenvalue weighted by molar-refractivity contribution is 5.29. The van der Waals surface area contributed by atoms with Gasteiger partial charge in [0.25, 0.3) is 0 Å². The number of hydrogen-bond acceptors (Lipinski definition) is 3. The second kappa shape index (κ2) is 8.48. The van der Waals surface area contributed by atoms with Gasteiger partial charge in [-0.2, -0.15) is 5.26 Å². The number of nitriles is 1. The quantitative estimate of drug-likeness (QED) is 0.721. The Labute approximate surface area is 108 Å². The number of nitrogens with zero attached hydrogens (tertiary/aromatic N) is 1. The van der Waals surface area contributed by atoms with Crippen LogP contribution in [0, 0.1) is 17.1 Å². The maximum absolute atomic E-state index is 13.3. The van der Waals surface area contributed by atoms with Crippen molar-refractivity contribution in [2.24, 2.45) is 0 Å². The average Bonchev–Trinajstić information content (AvgIpc) is 2.35. The number of hydrogen-bond donors (Lipinski definition) is 1. The molecule has 4 heteroatoms. The summed E-state index contributed by atoms with van der Waals surface area (Å²) in [5, 5.41) is 11.5. The summed E-state index contributed by atoms with van der Waals surface area (Å²) in [7, 11) is 0. The van der Waals surface area contributed by atoms with Gasteiger partial charge in [-0.15, -0.1) is 0 Å². The molecule has 0 saturated carbocycles. The molecule has 0 saturated heterocycles. The van der Waals surface area contributed by atoms with Crippen molar-refractivity contribution in [3.05, 3.63) is 29.6 Å². The van der Waals surface area contributed by atoms with Crippen LogP contribution in [0.3, 0.4) is 0 Å². The molecule has 0 radical (unpaired) electrons. The Kier molecular flexibility index (Phi) is 6.82. The number of rotatable bonds is 8. The summed E-state index contributed by atoms with van der Waals surface area (Å²) in [6.07, 6.45) is 2.17. The minimum atomic E-state index is -0.280. The molecule has 1 aromatic carbocycles. The van der Waals surface area contributed by atoms with E-state index in [1.165, 1.54) is 12.1 Å². The van der Waals surface area contributed by atoms with Crippen molar-refractivity contribution < 1.29 is 9.13 Å². The lowest BCUT2D eigenvalue weighted by Crippen LogP contribution is -2.12. The van der Waals surface area contributed by atoms with Crippen LogP contribution in [0.2, 0.25) is 0 Å². The Bertz CT molecular complexity index is 401. The topological polar surface area (TPSA) is 45.0 Å². The first-order chi connectivity index (χ1) is 8.76. The SMILES string of the molecule is CCNCc1cc(F)cc(OCCCCC#N)c1. The third kappa shape index (κ3) is 5.65. The minimum Gasteiger partial charge on any atom is -0.493 e. The van der Waals surface area contributed by atoms with Gasteiger partial charge in [-0.3, -0.25) is 0 Å². The monoisotopic (exact) mass is 250 g/mol. The van der Waals surface area contributed by atoms with Crippen molar-refractivity contribution in [2.75, 3.05) is 13.2 Å². The molecule has 1 rings (SSSR count). The van der Waals surface area contributed by atoms with Crippen LogP contribution >= 0.6 is 0 Å². The number of ether oxygens (including phenoxy) is 1. The predicted molar refractivity (Wildman–Crippen MR) is 68.7 cm³/mol. The van der Waals surface area contributed by atoms with E-state index in [-0.39, 0.29) is 5.82 Å². The van der Waals surface area contributed by atoms with Gasteiger partial charge in [-0.25, -0.2) is 4.39 Å². The van der Waals surface area contributed by atoms with E-state index in [4.69, 9.17) is 10.00 Å². The number of unbranched alkanes of at least 4 members (excludes halogenated alkanes) is 2. The van der Waals surface area contributed by atoms with Gasteiger partial charge in [0.1, 0.15) is 11.6 Å². The first-order valence-electron chi connectivity index (χ1n) is 6.26. The summed E-state index contributed by atoms with van der Waals surface area (Å²) in [5.41, 5.74) is 0.879. The van der Waals surface area contributed by atoms with Gasteiger partial charge in [0.05, 0.1) is 12.7 Å². The van der Waals surface area contributed by atoms with E-state index in [0.29, 0.717) is 25.3 Å². The van der Waals surface area contributed by atoms with E-state index in [2.05, 4.69) is 11.4 Å². The van der Waals surface area contributed by atoms with E-state index in [1.54, 1.807) is 0 Å². The largest absolute Gasteiger partial charge is 0.493 e. The number of halogens is 1. The molecule has 0 unspecified atom stereocenters. The lowest BCUT2D eigenvalue weighted by Gasteiger charge is -2.08. The van der Waals surface area contributed by atoms with Crippen LogP contribution in [0.5, 0.6) is 5.75 Å². The molecule has 0 bridgehead atoms. The van der Waals surface area contributed by atoms with Crippen LogP contribution in [-0.2, 0) is 6.54 Å². The summed E-state index contributed by atoms with van der Waals surface area (Å²) in [6, 6.07) is 6.82. The van der Waals surface area contributed by atoms with Gasteiger partial charge in [0.2, 0.25) is 0 Å². The van der Waals surface area contributed by atoms with Crippen molar-refractivity contribution in [2.45, 2.75) is 32.7 Å². The van der Waals surface area contributed by atoms with Crippen molar-refractivity contribution >= 4 is 0 Å². The maximum atomic E-state index is 13.3. The molecule has 0 fully saturated rings. The lowest BCUT2D eigenvalue weighted by molar-refractivity contribution is 0.305. The number of benzene rings is 1. The summed E-state index contributed by atoms with van der Waals surface area (Å²) < 4.78 is 18.8. The van der Waals surface area contributed by atoms with Crippen molar-refractivity contribution in [3.8, 4) is 11.8 Å². The maximum Gasteiger partial charge on any atom is 0.127 e. The van der Waals surface area contributed by atoms with Gasteiger partial charge in [0, 0.05) is 19.0 Å². The van der Waals surface area contributed by atoms with Crippen LogP contribution in [0.1, 0.15) is 31.7 Å². The Morgan fingerprint density at radius 1 is 1.33 bits per heavy atom. The lowest BCUT2D eigenvalue weighted by atomic mass is 10.2. The Balaban J connectivity index is 2.44. The van der Waals surface area contributed by atoms with Gasteiger partial charge >= 0.3 is 0 Å². The van der Waals surface area contributed by atoms with Crippen LogP contribution in [0.25, 0.3) is 0 Å². The number of nitrogens with one attached hydrogen (secondary N) is 1. The van der Waals surface area contributed by atoms with Gasteiger partial charge < -0.3 is 10.1 Å². The summed E-state index contributed by atoms with van der Waals surface area (Å²) in [4.78, 5) is 0. The van der Waals surface area contributed by atoms with Crippen molar-refractivity contribution in [3.63, 3.8) is 0 Å². The molecule has 0 spiro atoms. The molecule has 0 heterocycles. The highest BCUT2D eigenvalue weighted by Crippen LogP contribution is 2.17. The van der Waals surface area contributed by atoms with Crippen molar-refractivity contribution in [1.29, 1.82) is 5.26 Å². The second-order valence-electron chi connectivity index (χ2n) is 4.04. The van der Waals surface area contributed by atoms with Crippen LogP contribution in [0.15, 0.2) is 18.2 Å². The Morgan fingerprint density at radius 3 is 2.89 bits per heavy atom. The molecule has 0 aliphatic rings. The van der Waals surface area contributed by atoms with Crippen LogP contribution < -0.4 is 10.1 Å². The van der Waals surface area contributed by atoms with Crippen LogP contribution in [-0.4, -0.2) is 13.2 Å². The highest BCUT2D eigenvalue weighted by Gasteiger charge is 2.01. The normalized spacial score (nSPS) is 10.1. The summed E-state index contributed by atoms with van der Waals surface area (Å²) >= 11 is 0. The Morgan fingerprint density at radius 2 is 2.17 bits per heavy atom. The summed E-state index contributed by atoms with van der Waals surface area (Å²) in [5.74, 6) is 0.275. The van der Waals surface area contributed by atoms with E-state index < -0.39 is 0 Å². The minimum absolute atomic E-state index is 0.280. The standard InChI is InChI=1S/C14H19FN2O/c1-2-17-11-12-8-13(15)10-14(9-12)18-7-5-3-4-6-16/h8-10,17H,2-5,7,11H2,1H3. The second-order valence-corrected chi connectivity index (χ2v) is 4.04. The zero-order valence-corrected chi connectivity index (χ0v) is 10.7. The fourth-order valence-electron chi connectivity index (χ4n) is 1.57. The van der Waals surface area contributed by atoms with Gasteiger partial charge in [0.15, 0.2) is 0 Å². The Hall–Kier alpha value is -1.60. The van der Waals surface area contributed by atoms with Gasteiger partial charge in [-0.05, 0) is 37.1 Å². The average molecular weight is 250 g/mol. The molecule has 0 aliphatic heterocycles. The molecule has 0 atom stereocenters. The third-order valence-electron chi connectivity index (χ3n) is 2.46.